The van der Waals surface area contributed by atoms with Crippen LogP contribution in [0.2, 0.25) is 0 Å². The molecule has 0 fully saturated rings. The van der Waals surface area contributed by atoms with Crippen LogP contribution in [0, 0.1) is 0 Å². The first-order chi connectivity index (χ1) is 8.97. The molecule has 19 heavy (non-hydrogen) atoms. The molecule has 1 aromatic carbocycles. The predicted octanol–water partition coefficient (Wildman–Crippen LogP) is 1.73. The second-order valence-electron chi connectivity index (χ2n) is 5.00. The minimum absolute atomic E-state index is 0.366. The zero-order valence-electron chi connectivity index (χ0n) is 11.1. The molecule has 0 radical (unpaired) electrons. The number of benzene rings is 1. The number of hydrogen-bond donors (Lipinski definition) is 1. The first-order valence-electron chi connectivity index (χ1n) is 6.09. The van der Waals surface area contributed by atoms with Gasteiger partial charge in [0.05, 0.1) is 6.61 Å². The second-order valence-corrected chi connectivity index (χ2v) is 5.00. The fraction of sp³-hybridized carbons (Fsp3) is 0.333. The summed E-state index contributed by atoms with van der Waals surface area (Å²) in [6.07, 6.45) is 1.17. The molecule has 2 rings (SSSR count). The van der Waals surface area contributed by atoms with Crippen molar-refractivity contribution in [3.05, 3.63) is 48.6 Å². The first kappa shape index (κ1) is 13.5. The van der Waals surface area contributed by atoms with Crippen LogP contribution in [-0.2, 0) is 9.53 Å². The molecule has 1 aromatic rings. The van der Waals surface area contributed by atoms with Crippen molar-refractivity contribution >= 4 is 11.7 Å². The zero-order valence-corrected chi connectivity index (χ0v) is 11.1. The van der Waals surface area contributed by atoms with Gasteiger partial charge in [-0.25, -0.2) is 4.99 Å². The maximum Gasteiger partial charge on any atom is 0.219 e. The van der Waals surface area contributed by atoms with Crippen LogP contribution in [0.4, 0.5) is 0 Å². The van der Waals surface area contributed by atoms with E-state index in [1.54, 1.807) is 13.8 Å². The molecule has 0 aliphatic carbocycles. The summed E-state index contributed by atoms with van der Waals surface area (Å²) in [6.45, 7) is 6.56. The van der Waals surface area contributed by atoms with Gasteiger partial charge in [0, 0.05) is 5.56 Å². The molecule has 0 saturated heterocycles. The molecule has 4 heteroatoms. The van der Waals surface area contributed by atoms with E-state index in [4.69, 9.17) is 4.74 Å². The maximum absolute atomic E-state index is 12.1. The van der Waals surface area contributed by atoms with Crippen LogP contribution in [0.15, 0.2) is 48.0 Å². The summed E-state index contributed by atoms with van der Waals surface area (Å²) in [7, 11) is 0. The molecule has 4 nitrogen and oxygen atoms in total. The third kappa shape index (κ3) is 1.98. The molecular weight excluding hydrogens is 242 g/mol. The second kappa shape index (κ2) is 4.63. The van der Waals surface area contributed by atoms with Crippen molar-refractivity contribution < 1.29 is 14.6 Å². The summed E-state index contributed by atoms with van der Waals surface area (Å²) in [6, 6.07) is 9.31. The Kier molecular flexibility index (Phi) is 3.28. The highest BCUT2D eigenvalue weighted by molar-refractivity contribution is 6.05. The number of ether oxygens (including phenoxy) is 1. The Labute approximate surface area is 112 Å². The van der Waals surface area contributed by atoms with E-state index in [1.165, 1.54) is 6.08 Å². The van der Waals surface area contributed by atoms with Crippen LogP contribution in [-0.4, -0.2) is 34.5 Å². The number of aliphatic imine (C=N–C) groups is 1. The lowest BCUT2D eigenvalue weighted by atomic mass is 9.81. The average molecular weight is 259 g/mol. The Hall–Kier alpha value is -1.94. The van der Waals surface area contributed by atoms with Gasteiger partial charge in [-0.05, 0) is 32.1 Å². The number of rotatable bonds is 4. The van der Waals surface area contributed by atoms with Crippen molar-refractivity contribution in [1.82, 2.24) is 0 Å². The molecule has 1 aliphatic rings. The van der Waals surface area contributed by atoms with Crippen molar-refractivity contribution in [1.29, 1.82) is 0 Å². The van der Waals surface area contributed by atoms with Crippen molar-refractivity contribution in [3.63, 3.8) is 0 Å². The van der Waals surface area contributed by atoms with Crippen molar-refractivity contribution in [2.24, 2.45) is 4.99 Å². The molecule has 1 N–H and O–H groups in total. The van der Waals surface area contributed by atoms with Gasteiger partial charge in [0.1, 0.15) is 5.54 Å². The molecule has 0 spiro atoms. The van der Waals surface area contributed by atoms with Gasteiger partial charge in [-0.15, -0.1) is 0 Å². The lowest BCUT2D eigenvalue weighted by Crippen LogP contribution is -2.56. The van der Waals surface area contributed by atoms with Crippen LogP contribution in [0.5, 0.6) is 0 Å². The summed E-state index contributed by atoms with van der Waals surface area (Å²) in [5, 5.41) is 9.65. The lowest BCUT2D eigenvalue weighted by molar-refractivity contribution is -0.137. The molecule has 1 atom stereocenters. The summed E-state index contributed by atoms with van der Waals surface area (Å²) in [5.41, 5.74) is -1.46. The summed E-state index contributed by atoms with van der Waals surface area (Å²) in [5.74, 6) is 0.00420. The van der Waals surface area contributed by atoms with Crippen LogP contribution >= 0.6 is 0 Å². The van der Waals surface area contributed by atoms with Gasteiger partial charge >= 0.3 is 0 Å². The van der Waals surface area contributed by atoms with Gasteiger partial charge in [-0.2, -0.15) is 0 Å². The predicted molar refractivity (Wildman–Crippen MR) is 73.2 cm³/mol. The van der Waals surface area contributed by atoms with E-state index in [0.29, 0.717) is 5.90 Å². The fourth-order valence-corrected chi connectivity index (χ4v) is 2.18. The Bertz CT molecular complexity index is 534. The number of carbonyl (C=O) groups excluding carboxylic acids is 1. The van der Waals surface area contributed by atoms with Gasteiger partial charge in [-0.1, -0.05) is 24.8 Å². The topological polar surface area (TPSA) is 58.9 Å². The molecule has 0 bridgehead atoms. The molecule has 0 saturated carbocycles. The van der Waals surface area contributed by atoms with Crippen molar-refractivity contribution in [2.75, 3.05) is 6.61 Å². The third-order valence-electron chi connectivity index (χ3n) is 3.47. The van der Waals surface area contributed by atoms with E-state index < -0.39 is 17.7 Å². The van der Waals surface area contributed by atoms with E-state index >= 15 is 0 Å². The van der Waals surface area contributed by atoms with Crippen LogP contribution in [0.3, 0.4) is 0 Å². The van der Waals surface area contributed by atoms with E-state index in [2.05, 4.69) is 11.6 Å². The monoisotopic (exact) mass is 259 g/mol. The molecule has 1 unspecified atom stereocenters. The van der Waals surface area contributed by atoms with Gasteiger partial charge < -0.3 is 9.84 Å². The number of hydrogen-bond acceptors (Lipinski definition) is 4. The third-order valence-corrected chi connectivity index (χ3v) is 3.47. The number of nitrogens with zero attached hydrogens (tertiary/aromatic N) is 1. The minimum Gasteiger partial charge on any atom is -0.457 e. The summed E-state index contributed by atoms with van der Waals surface area (Å²) >= 11 is 0. The highest BCUT2D eigenvalue weighted by Crippen LogP contribution is 2.38. The van der Waals surface area contributed by atoms with Crippen molar-refractivity contribution in [2.45, 2.75) is 25.0 Å². The standard InChI is InChI=1S/C15H17NO3/c1-4-12(18)15(10-17)14(2,3)16-13(19-15)11-8-6-5-7-9-11/h4-9,17H,1,10H2,2-3H3. The smallest absolute Gasteiger partial charge is 0.219 e. The Morgan fingerprint density at radius 1 is 1.42 bits per heavy atom. The average Bonchev–Trinajstić information content (AvgIpc) is 2.71. The van der Waals surface area contributed by atoms with Gasteiger partial charge in [0.25, 0.3) is 0 Å². The van der Waals surface area contributed by atoms with Gasteiger partial charge in [-0.3, -0.25) is 4.79 Å². The summed E-state index contributed by atoms with van der Waals surface area (Å²) < 4.78 is 5.73. The van der Waals surface area contributed by atoms with E-state index in [-0.39, 0.29) is 5.78 Å². The highest BCUT2D eigenvalue weighted by atomic mass is 16.5. The first-order valence-corrected chi connectivity index (χ1v) is 6.09. The Morgan fingerprint density at radius 3 is 2.58 bits per heavy atom. The van der Waals surface area contributed by atoms with Gasteiger partial charge in [0.2, 0.25) is 17.3 Å². The van der Waals surface area contributed by atoms with Crippen LogP contribution < -0.4 is 0 Å². The molecule has 0 aromatic heterocycles. The lowest BCUT2D eigenvalue weighted by Gasteiger charge is -2.34. The number of aliphatic hydroxyl groups excluding tert-OH is 1. The van der Waals surface area contributed by atoms with Gasteiger partial charge in [0.15, 0.2) is 0 Å². The molecule has 100 valence electrons. The van der Waals surface area contributed by atoms with Crippen molar-refractivity contribution in [3.8, 4) is 0 Å². The SMILES string of the molecule is C=CC(=O)C1(CO)OC(c2ccccc2)=NC1(C)C. The van der Waals surface area contributed by atoms with E-state index in [9.17, 15) is 9.90 Å². The summed E-state index contributed by atoms with van der Waals surface area (Å²) in [4.78, 5) is 16.5. The Balaban J connectivity index is 2.45. The number of carbonyl (C=O) groups is 1. The largest absolute Gasteiger partial charge is 0.457 e. The van der Waals surface area contributed by atoms with E-state index in [0.717, 1.165) is 5.56 Å². The molecule has 0 amide bonds. The highest BCUT2D eigenvalue weighted by Gasteiger charge is 2.57. The Morgan fingerprint density at radius 2 is 2.05 bits per heavy atom. The molecule has 1 aliphatic heterocycles. The van der Waals surface area contributed by atoms with E-state index in [1.807, 2.05) is 30.3 Å². The number of aliphatic hydroxyl groups is 1. The van der Waals surface area contributed by atoms with Crippen LogP contribution in [0.25, 0.3) is 0 Å². The zero-order chi connectivity index (χ0) is 14.1. The number of ketones is 1. The molecule has 1 heterocycles. The normalized spacial score (nSPS) is 24.5. The quantitative estimate of drug-likeness (QED) is 0.838. The molecular formula is C15H17NO3. The minimum atomic E-state index is -1.39. The van der Waals surface area contributed by atoms with Crippen LogP contribution in [0.1, 0.15) is 19.4 Å². The fourth-order valence-electron chi connectivity index (χ4n) is 2.18. The maximum atomic E-state index is 12.1.